The Labute approximate surface area is 180 Å². The van der Waals surface area contributed by atoms with E-state index in [1.165, 1.54) is 16.4 Å². The molecule has 0 spiro atoms. The van der Waals surface area contributed by atoms with Gasteiger partial charge in [0.25, 0.3) is 5.91 Å². The lowest BCUT2D eigenvalue weighted by Crippen LogP contribution is -2.30. The molecule has 0 aliphatic rings. The lowest BCUT2D eigenvalue weighted by Gasteiger charge is -2.18. The molecule has 0 fully saturated rings. The lowest BCUT2D eigenvalue weighted by atomic mass is 10.1. The summed E-state index contributed by atoms with van der Waals surface area (Å²) >= 11 is 6.24. The van der Waals surface area contributed by atoms with E-state index in [0.29, 0.717) is 40.8 Å². The lowest BCUT2D eigenvalue weighted by molar-refractivity contribution is 0.102. The van der Waals surface area contributed by atoms with E-state index < -0.39 is 15.9 Å². The molecular formula is C21H22ClN3O4S. The summed E-state index contributed by atoms with van der Waals surface area (Å²) in [6, 6.07) is 13.1. The smallest absolute Gasteiger partial charge is 0.261 e. The first-order chi connectivity index (χ1) is 14.3. The van der Waals surface area contributed by atoms with E-state index in [4.69, 9.17) is 16.1 Å². The number of aromatic nitrogens is 1. The zero-order chi connectivity index (χ0) is 21.9. The number of rotatable bonds is 7. The van der Waals surface area contributed by atoms with E-state index in [-0.39, 0.29) is 10.5 Å². The molecule has 30 heavy (non-hydrogen) atoms. The third kappa shape index (κ3) is 4.26. The molecule has 3 aromatic rings. The van der Waals surface area contributed by atoms with E-state index in [9.17, 15) is 13.2 Å². The van der Waals surface area contributed by atoms with Crippen molar-refractivity contribution in [3.8, 4) is 11.3 Å². The number of aryl methyl sites for hydroxylation is 1. The van der Waals surface area contributed by atoms with Gasteiger partial charge < -0.3 is 9.84 Å². The molecule has 1 amide bonds. The van der Waals surface area contributed by atoms with Crippen molar-refractivity contribution in [3.63, 3.8) is 0 Å². The van der Waals surface area contributed by atoms with Crippen molar-refractivity contribution >= 4 is 33.2 Å². The van der Waals surface area contributed by atoms with Crippen molar-refractivity contribution in [2.75, 3.05) is 18.4 Å². The highest BCUT2D eigenvalue weighted by atomic mass is 35.5. The molecule has 9 heteroatoms. The van der Waals surface area contributed by atoms with Crippen LogP contribution in [-0.4, -0.2) is 36.9 Å². The molecule has 0 aliphatic carbocycles. The number of carbonyl (C=O) groups excluding carboxylic acids is 1. The van der Waals surface area contributed by atoms with Gasteiger partial charge in [-0.05, 0) is 37.3 Å². The number of nitrogens with zero attached hydrogens (tertiary/aromatic N) is 2. The highest BCUT2D eigenvalue weighted by molar-refractivity contribution is 7.89. The second kappa shape index (κ2) is 8.99. The second-order valence-corrected chi connectivity index (χ2v) is 8.86. The Morgan fingerprint density at radius 2 is 1.73 bits per heavy atom. The van der Waals surface area contributed by atoms with Gasteiger partial charge in [-0.15, -0.1) is 0 Å². The van der Waals surface area contributed by atoms with Crippen LogP contribution in [0.1, 0.15) is 30.0 Å². The summed E-state index contributed by atoms with van der Waals surface area (Å²) in [4.78, 5) is 13.1. The Morgan fingerprint density at radius 1 is 1.10 bits per heavy atom. The van der Waals surface area contributed by atoms with Crippen LogP contribution in [0.15, 0.2) is 57.9 Å². The van der Waals surface area contributed by atoms with Gasteiger partial charge in [0, 0.05) is 24.3 Å². The average molecular weight is 448 g/mol. The van der Waals surface area contributed by atoms with Crippen LogP contribution < -0.4 is 5.32 Å². The van der Waals surface area contributed by atoms with Crippen molar-refractivity contribution in [2.24, 2.45) is 0 Å². The van der Waals surface area contributed by atoms with Gasteiger partial charge in [-0.25, -0.2) is 8.42 Å². The van der Waals surface area contributed by atoms with Crippen LogP contribution in [0.4, 0.5) is 5.69 Å². The van der Waals surface area contributed by atoms with Gasteiger partial charge in [-0.3, -0.25) is 4.79 Å². The summed E-state index contributed by atoms with van der Waals surface area (Å²) in [5, 5.41) is 7.20. The molecule has 0 unspecified atom stereocenters. The SMILES string of the molecule is CCN(CC)S(=O)(=O)c1ccc(NC(=O)c2c(-c3ccccc3Cl)noc2C)cc1. The van der Waals surface area contributed by atoms with Gasteiger partial charge in [0.05, 0.1) is 9.92 Å². The molecule has 2 aromatic carbocycles. The maximum absolute atomic E-state index is 12.9. The fourth-order valence-electron chi connectivity index (χ4n) is 3.09. The monoisotopic (exact) mass is 447 g/mol. The third-order valence-electron chi connectivity index (χ3n) is 4.67. The normalized spacial score (nSPS) is 11.6. The summed E-state index contributed by atoms with van der Waals surface area (Å²) in [5.41, 5.74) is 1.64. The van der Waals surface area contributed by atoms with E-state index in [1.807, 2.05) is 0 Å². The van der Waals surface area contributed by atoms with Crippen LogP contribution >= 0.6 is 11.6 Å². The average Bonchev–Trinajstić information content (AvgIpc) is 3.11. The molecule has 1 aromatic heterocycles. The van der Waals surface area contributed by atoms with Gasteiger partial charge in [0.15, 0.2) is 0 Å². The number of amides is 1. The summed E-state index contributed by atoms with van der Waals surface area (Å²) in [6.07, 6.45) is 0. The maximum Gasteiger partial charge on any atom is 0.261 e. The third-order valence-corrected chi connectivity index (χ3v) is 7.07. The molecule has 158 valence electrons. The van der Waals surface area contributed by atoms with E-state index in [2.05, 4.69) is 10.5 Å². The second-order valence-electron chi connectivity index (χ2n) is 6.51. The fraction of sp³-hybridized carbons (Fsp3) is 0.238. The van der Waals surface area contributed by atoms with Gasteiger partial charge in [-0.2, -0.15) is 4.31 Å². The van der Waals surface area contributed by atoms with Gasteiger partial charge >= 0.3 is 0 Å². The number of hydrogen-bond donors (Lipinski definition) is 1. The van der Waals surface area contributed by atoms with Crippen molar-refractivity contribution < 1.29 is 17.7 Å². The molecule has 1 N–H and O–H groups in total. The van der Waals surface area contributed by atoms with Crippen molar-refractivity contribution in [1.82, 2.24) is 9.46 Å². The van der Waals surface area contributed by atoms with Gasteiger partial charge in [0.1, 0.15) is 17.0 Å². The number of carbonyl (C=O) groups is 1. The highest BCUT2D eigenvalue weighted by Gasteiger charge is 2.24. The predicted octanol–water partition coefficient (Wildman–Crippen LogP) is 4.59. The number of nitrogens with one attached hydrogen (secondary N) is 1. The Morgan fingerprint density at radius 3 is 2.33 bits per heavy atom. The zero-order valence-corrected chi connectivity index (χ0v) is 18.4. The molecular weight excluding hydrogens is 426 g/mol. The van der Waals surface area contributed by atoms with Crippen LogP contribution in [0.5, 0.6) is 0 Å². The quantitative estimate of drug-likeness (QED) is 0.572. The Bertz CT molecular complexity index is 1150. The fourth-order valence-corrected chi connectivity index (χ4v) is 4.78. The standard InChI is InChI=1S/C21H22ClN3O4S/c1-4-25(5-2)30(27,28)16-12-10-15(11-13-16)23-21(26)19-14(3)29-24-20(19)17-8-6-7-9-18(17)22/h6-13H,4-5H2,1-3H3,(H,23,26). The van der Waals surface area contributed by atoms with Crippen molar-refractivity contribution in [1.29, 1.82) is 0 Å². The Kier molecular flexibility index (Phi) is 6.60. The Hall–Kier alpha value is -2.68. The zero-order valence-electron chi connectivity index (χ0n) is 16.8. The highest BCUT2D eigenvalue weighted by Crippen LogP contribution is 2.31. The van der Waals surface area contributed by atoms with Crippen LogP contribution in [0.2, 0.25) is 5.02 Å². The van der Waals surface area contributed by atoms with E-state index in [0.717, 1.165) is 0 Å². The molecule has 0 atom stereocenters. The van der Waals surface area contributed by atoms with Crippen LogP contribution in [0, 0.1) is 6.92 Å². The molecule has 1 heterocycles. The number of halogens is 1. The predicted molar refractivity (Wildman–Crippen MR) is 116 cm³/mol. The first-order valence-corrected chi connectivity index (χ1v) is 11.2. The molecule has 0 bridgehead atoms. The summed E-state index contributed by atoms with van der Waals surface area (Å²) in [6.45, 7) is 5.98. The number of benzene rings is 2. The van der Waals surface area contributed by atoms with Crippen LogP contribution in [0.3, 0.4) is 0 Å². The first-order valence-electron chi connectivity index (χ1n) is 9.42. The van der Waals surface area contributed by atoms with Crippen LogP contribution in [0.25, 0.3) is 11.3 Å². The molecule has 0 aliphatic heterocycles. The topological polar surface area (TPSA) is 92.5 Å². The summed E-state index contributed by atoms with van der Waals surface area (Å²) in [7, 11) is -3.56. The summed E-state index contributed by atoms with van der Waals surface area (Å²) < 4.78 is 31.8. The number of sulfonamides is 1. The molecule has 0 radical (unpaired) electrons. The minimum atomic E-state index is -3.56. The molecule has 3 rings (SSSR count). The number of anilines is 1. The largest absolute Gasteiger partial charge is 0.360 e. The maximum atomic E-state index is 12.9. The molecule has 0 saturated carbocycles. The van der Waals surface area contributed by atoms with Crippen molar-refractivity contribution in [3.05, 3.63) is 64.9 Å². The molecule has 0 saturated heterocycles. The van der Waals surface area contributed by atoms with Crippen molar-refractivity contribution in [2.45, 2.75) is 25.7 Å². The molecule has 7 nitrogen and oxygen atoms in total. The van der Waals surface area contributed by atoms with Crippen LogP contribution in [-0.2, 0) is 10.0 Å². The van der Waals surface area contributed by atoms with Gasteiger partial charge in [-0.1, -0.05) is 48.8 Å². The van der Waals surface area contributed by atoms with E-state index >= 15 is 0 Å². The minimum Gasteiger partial charge on any atom is -0.360 e. The number of hydrogen-bond acceptors (Lipinski definition) is 5. The first kappa shape index (κ1) is 22.0. The van der Waals surface area contributed by atoms with E-state index in [1.54, 1.807) is 57.2 Å². The summed E-state index contributed by atoms with van der Waals surface area (Å²) in [5.74, 6) is -0.0776. The Balaban J connectivity index is 1.86. The minimum absolute atomic E-state index is 0.169. The van der Waals surface area contributed by atoms with Gasteiger partial charge in [0.2, 0.25) is 10.0 Å².